The molecule has 17 heavy (non-hydrogen) atoms. The molecule has 0 aliphatic rings. The van der Waals surface area contributed by atoms with Crippen LogP contribution < -0.4 is 5.32 Å². The van der Waals surface area contributed by atoms with Gasteiger partial charge in [-0.15, -0.1) is 0 Å². The molecule has 0 aromatic heterocycles. The van der Waals surface area contributed by atoms with Crippen LogP contribution in [0.2, 0.25) is 0 Å². The van der Waals surface area contributed by atoms with E-state index in [9.17, 15) is 0 Å². The van der Waals surface area contributed by atoms with Gasteiger partial charge in [0.1, 0.15) is 0 Å². The maximum absolute atomic E-state index is 3.60. The molecule has 0 saturated carbocycles. The Morgan fingerprint density at radius 3 is 2.53 bits per heavy atom. The summed E-state index contributed by atoms with van der Waals surface area (Å²) in [4.78, 5) is 0. The summed E-state index contributed by atoms with van der Waals surface area (Å²) in [6.45, 7) is 5.60. The molecule has 0 aliphatic heterocycles. The molecule has 96 valence electrons. The average Bonchev–Trinajstić information content (AvgIpc) is 2.34. The van der Waals surface area contributed by atoms with Gasteiger partial charge in [-0.2, -0.15) is 0 Å². The number of nitrogens with one attached hydrogen (secondary N) is 1. The van der Waals surface area contributed by atoms with E-state index < -0.39 is 0 Å². The van der Waals surface area contributed by atoms with E-state index in [1.54, 1.807) is 0 Å². The molecule has 0 aliphatic carbocycles. The van der Waals surface area contributed by atoms with Gasteiger partial charge in [-0.05, 0) is 31.5 Å². The van der Waals surface area contributed by atoms with Gasteiger partial charge in [0.25, 0.3) is 0 Å². The van der Waals surface area contributed by atoms with Gasteiger partial charge in [0.2, 0.25) is 0 Å². The van der Waals surface area contributed by atoms with E-state index >= 15 is 0 Å². The number of halogens is 1. The molecule has 0 bridgehead atoms. The Bertz CT molecular complexity index is 312. The first kappa shape index (κ1) is 14.7. The molecule has 0 unspecified atom stereocenters. The Kier molecular flexibility index (Phi) is 7.54. The summed E-state index contributed by atoms with van der Waals surface area (Å²) in [5.74, 6) is 0. The first-order valence-corrected chi connectivity index (χ1v) is 7.52. The third-order valence-corrected chi connectivity index (χ3v) is 3.82. The Balaban J connectivity index is 2.21. The maximum atomic E-state index is 3.60. The van der Waals surface area contributed by atoms with Gasteiger partial charge in [-0.3, -0.25) is 0 Å². The van der Waals surface area contributed by atoms with Crippen LogP contribution in [0.4, 0.5) is 0 Å². The van der Waals surface area contributed by atoms with E-state index in [0.29, 0.717) is 6.04 Å². The fourth-order valence-electron chi connectivity index (χ4n) is 1.98. The van der Waals surface area contributed by atoms with Crippen molar-refractivity contribution < 1.29 is 0 Å². The van der Waals surface area contributed by atoms with E-state index in [-0.39, 0.29) is 0 Å². The summed E-state index contributed by atoms with van der Waals surface area (Å²) in [7, 11) is 0. The van der Waals surface area contributed by atoms with Crippen molar-refractivity contribution in [1.82, 2.24) is 5.32 Å². The van der Waals surface area contributed by atoms with Crippen LogP contribution in [0.15, 0.2) is 28.7 Å². The molecule has 0 spiro atoms. The highest BCUT2D eigenvalue weighted by Gasteiger charge is 2.06. The Labute approximate surface area is 114 Å². The van der Waals surface area contributed by atoms with Crippen molar-refractivity contribution in [2.75, 3.05) is 6.54 Å². The second kappa shape index (κ2) is 8.71. The van der Waals surface area contributed by atoms with E-state index in [1.807, 2.05) is 0 Å². The highest BCUT2D eigenvalue weighted by Crippen LogP contribution is 2.22. The lowest BCUT2D eigenvalue weighted by Crippen LogP contribution is -2.20. The SMILES string of the molecule is CCCCCCCN[C@H](C)c1ccccc1Br. The summed E-state index contributed by atoms with van der Waals surface area (Å²) >= 11 is 3.60. The van der Waals surface area contributed by atoms with Gasteiger partial charge in [0, 0.05) is 10.5 Å². The first-order chi connectivity index (χ1) is 8.25. The second-order valence-electron chi connectivity index (χ2n) is 4.61. The lowest BCUT2D eigenvalue weighted by atomic mass is 10.1. The number of benzene rings is 1. The van der Waals surface area contributed by atoms with Crippen molar-refractivity contribution in [2.45, 2.75) is 52.0 Å². The predicted molar refractivity (Wildman–Crippen MR) is 79.3 cm³/mol. The van der Waals surface area contributed by atoms with Crippen molar-refractivity contribution in [2.24, 2.45) is 0 Å². The summed E-state index contributed by atoms with van der Waals surface area (Å²) in [6.07, 6.45) is 6.71. The molecular formula is C15H24BrN. The van der Waals surface area contributed by atoms with Crippen molar-refractivity contribution in [1.29, 1.82) is 0 Å². The zero-order chi connectivity index (χ0) is 12.5. The van der Waals surface area contributed by atoms with Crippen LogP contribution in [0, 0.1) is 0 Å². The lowest BCUT2D eigenvalue weighted by Gasteiger charge is -2.15. The van der Waals surface area contributed by atoms with Crippen molar-refractivity contribution in [3.05, 3.63) is 34.3 Å². The van der Waals surface area contributed by atoms with Gasteiger partial charge in [0.15, 0.2) is 0 Å². The fraction of sp³-hybridized carbons (Fsp3) is 0.600. The molecule has 0 fully saturated rings. The van der Waals surface area contributed by atoms with Gasteiger partial charge >= 0.3 is 0 Å². The average molecular weight is 298 g/mol. The number of hydrogen-bond acceptors (Lipinski definition) is 1. The Morgan fingerprint density at radius 1 is 1.12 bits per heavy atom. The zero-order valence-electron chi connectivity index (χ0n) is 11.0. The van der Waals surface area contributed by atoms with Crippen LogP contribution in [0.1, 0.15) is 57.6 Å². The predicted octanol–water partition coefficient (Wildman–Crippen LogP) is 5.07. The van der Waals surface area contributed by atoms with E-state index in [2.05, 4.69) is 59.4 Å². The highest BCUT2D eigenvalue weighted by atomic mass is 79.9. The Hall–Kier alpha value is -0.340. The highest BCUT2D eigenvalue weighted by molar-refractivity contribution is 9.10. The van der Waals surface area contributed by atoms with Gasteiger partial charge in [-0.1, -0.05) is 66.7 Å². The molecule has 0 radical (unpaired) electrons. The van der Waals surface area contributed by atoms with E-state index in [0.717, 1.165) is 6.54 Å². The van der Waals surface area contributed by atoms with Crippen LogP contribution in [-0.2, 0) is 0 Å². The lowest BCUT2D eigenvalue weighted by molar-refractivity contribution is 0.530. The van der Waals surface area contributed by atoms with Gasteiger partial charge in [-0.25, -0.2) is 0 Å². The minimum absolute atomic E-state index is 0.428. The molecule has 1 atom stereocenters. The van der Waals surface area contributed by atoms with Crippen molar-refractivity contribution >= 4 is 15.9 Å². The first-order valence-electron chi connectivity index (χ1n) is 6.73. The molecule has 1 N–H and O–H groups in total. The number of unbranched alkanes of at least 4 members (excludes halogenated alkanes) is 4. The topological polar surface area (TPSA) is 12.0 Å². The maximum Gasteiger partial charge on any atom is 0.0302 e. The molecule has 1 rings (SSSR count). The standard InChI is InChI=1S/C15H24BrN/c1-3-4-5-6-9-12-17-13(2)14-10-7-8-11-15(14)16/h7-8,10-11,13,17H,3-6,9,12H2,1-2H3/t13-/m1/s1. The van der Waals surface area contributed by atoms with E-state index in [1.165, 1.54) is 42.1 Å². The zero-order valence-corrected chi connectivity index (χ0v) is 12.6. The van der Waals surface area contributed by atoms with Crippen molar-refractivity contribution in [3.63, 3.8) is 0 Å². The third-order valence-electron chi connectivity index (χ3n) is 3.10. The molecule has 0 saturated heterocycles. The summed E-state index contributed by atoms with van der Waals surface area (Å²) in [6, 6.07) is 8.87. The molecule has 0 amide bonds. The van der Waals surface area contributed by atoms with Crippen LogP contribution in [0.25, 0.3) is 0 Å². The summed E-state index contributed by atoms with van der Waals surface area (Å²) in [5, 5.41) is 3.59. The van der Waals surface area contributed by atoms with Gasteiger partial charge in [0.05, 0.1) is 0 Å². The van der Waals surface area contributed by atoms with Crippen LogP contribution in [-0.4, -0.2) is 6.54 Å². The smallest absolute Gasteiger partial charge is 0.0302 e. The molecule has 1 aromatic carbocycles. The van der Waals surface area contributed by atoms with Crippen molar-refractivity contribution in [3.8, 4) is 0 Å². The molecule has 1 nitrogen and oxygen atoms in total. The minimum atomic E-state index is 0.428. The third kappa shape index (κ3) is 5.69. The Morgan fingerprint density at radius 2 is 1.82 bits per heavy atom. The monoisotopic (exact) mass is 297 g/mol. The van der Waals surface area contributed by atoms with Crippen LogP contribution >= 0.6 is 15.9 Å². The number of rotatable bonds is 8. The normalized spacial score (nSPS) is 12.6. The summed E-state index contributed by atoms with van der Waals surface area (Å²) in [5.41, 5.74) is 1.35. The molecule has 2 heteroatoms. The molecule has 1 aromatic rings. The van der Waals surface area contributed by atoms with Gasteiger partial charge < -0.3 is 5.32 Å². The molecular weight excluding hydrogens is 274 g/mol. The van der Waals surface area contributed by atoms with Crippen LogP contribution in [0.5, 0.6) is 0 Å². The van der Waals surface area contributed by atoms with Crippen LogP contribution in [0.3, 0.4) is 0 Å². The summed E-state index contributed by atoms with van der Waals surface area (Å²) < 4.78 is 1.20. The molecule has 0 heterocycles. The number of hydrogen-bond donors (Lipinski definition) is 1. The van der Waals surface area contributed by atoms with E-state index in [4.69, 9.17) is 0 Å². The quantitative estimate of drug-likeness (QED) is 0.661. The largest absolute Gasteiger partial charge is 0.310 e. The fourth-order valence-corrected chi connectivity index (χ4v) is 2.61. The second-order valence-corrected chi connectivity index (χ2v) is 5.47. The minimum Gasteiger partial charge on any atom is -0.310 e.